The Morgan fingerprint density at radius 1 is 1.23 bits per heavy atom. The molecule has 1 aromatic carbocycles. The normalized spacial score (nSPS) is 25.8. The quantitative estimate of drug-likeness (QED) is 0.493. The zero-order valence-electron chi connectivity index (χ0n) is 13.8. The fourth-order valence-corrected chi connectivity index (χ4v) is 3.63. The van der Waals surface area contributed by atoms with Crippen LogP contribution in [0.3, 0.4) is 0 Å². The molecule has 1 aliphatic heterocycles. The van der Waals surface area contributed by atoms with E-state index in [4.69, 9.17) is 10.5 Å². The van der Waals surface area contributed by atoms with Gasteiger partial charge in [0.05, 0.1) is 18.0 Å². The van der Waals surface area contributed by atoms with Crippen LogP contribution >= 0.6 is 12.6 Å². The van der Waals surface area contributed by atoms with Crippen LogP contribution in [-0.4, -0.2) is 53.8 Å². The molecule has 3 heterocycles. The van der Waals surface area contributed by atoms with E-state index in [0.29, 0.717) is 23.4 Å². The molecule has 0 radical (unpaired) electrons. The van der Waals surface area contributed by atoms with E-state index in [1.807, 2.05) is 30.3 Å². The Labute approximate surface area is 155 Å². The van der Waals surface area contributed by atoms with E-state index in [2.05, 4.69) is 27.6 Å². The molecule has 26 heavy (non-hydrogen) atoms. The Bertz CT molecular complexity index is 919. The number of anilines is 1. The fraction of sp³-hybridized carbons (Fsp3) is 0.353. The minimum Gasteiger partial charge on any atom is -0.394 e. The monoisotopic (exact) mass is 373 g/mol. The molecule has 3 aromatic rings. The summed E-state index contributed by atoms with van der Waals surface area (Å²) in [5, 5.41) is 19.2. The predicted molar refractivity (Wildman–Crippen MR) is 98.8 cm³/mol. The van der Waals surface area contributed by atoms with Gasteiger partial charge in [0.1, 0.15) is 18.3 Å². The molecule has 2 aromatic heterocycles. The van der Waals surface area contributed by atoms with Crippen molar-refractivity contribution < 1.29 is 14.9 Å². The molecule has 0 amide bonds. The third kappa shape index (κ3) is 2.82. The zero-order valence-corrected chi connectivity index (χ0v) is 14.7. The summed E-state index contributed by atoms with van der Waals surface area (Å²) in [6.45, 7) is -0.299. The molecule has 0 aliphatic carbocycles. The predicted octanol–water partition coefficient (Wildman–Crippen LogP) is 0.548. The van der Waals surface area contributed by atoms with Gasteiger partial charge < -0.3 is 20.7 Å². The summed E-state index contributed by atoms with van der Waals surface area (Å²) in [6.07, 6.45) is -0.372. The van der Waals surface area contributed by atoms with Gasteiger partial charge in [-0.1, -0.05) is 30.3 Å². The van der Waals surface area contributed by atoms with Crippen molar-refractivity contribution in [2.45, 2.75) is 30.1 Å². The first-order valence-electron chi connectivity index (χ1n) is 8.23. The molecule has 136 valence electrons. The van der Waals surface area contributed by atoms with Crippen molar-refractivity contribution in [3.05, 3.63) is 48.0 Å². The van der Waals surface area contributed by atoms with Gasteiger partial charge in [-0.15, -0.1) is 0 Å². The Balaban J connectivity index is 1.84. The van der Waals surface area contributed by atoms with Crippen LogP contribution in [-0.2, 0) is 11.2 Å². The number of fused-ring (bicyclic) bond motifs is 1. The third-order valence-electron chi connectivity index (χ3n) is 4.56. The largest absolute Gasteiger partial charge is 0.394 e. The van der Waals surface area contributed by atoms with Crippen molar-refractivity contribution in [2.24, 2.45) is 0 Å². The maximum absolute atomic E-state index is 10.3. The highest BCUT2D eigenvalue weighted by Gasteiger charge is 2.43. The molecule has 8 nitrogen and oxygen atoms in total. The molecule has 0 spiro atoms. The fourth-order valence-electron chi connectivity index (χ4n) is 3.24. The number of aromatic nitrogens is 4. The van der Waals surface area contributed by atoms with Crippen LogP contribution in [0.4, 0.5) is 5.82 Å². The van der Waals surface area contributed by atoms with Crippen LogP contribution in [0.1, 0.15) is 17.6 Å². The third-order valence-corrected chi connectivity index (χ3v) is 5.12. The standard InChI is InChI=1S/C17H19N5O3S/c18-15-12-16(20-8-19-15)22(17-14(26)13(24)10(7-23)25-17)11(21-12)6-9-4-2-1-3-5-9/h1-5,8,10,13-14,17,23-24,26H,6-7H2,(H2,18,19,20)/t10-,13-,14-,17-/m1/s1. The van der Waals surface area contributed by atoms with Crippen molar-refractivity contribution in [1.82, 2.24) is 19.5 Å². The van der Waals surface area contributed by atoms with Crippen LogP contribution in [0.2, 0.25) is 0 Å². The Morgan fingerprint density at radius 3 is 2.69 bits per heavy atom. The van der Waals surface area contributed by atoms with Crippen molar-refractivity contribution in [3.63, 3.8) is 0 Å². The van der Waals surface area contributed by atoms with Crippen LogP contribution in [0.15, 0.2) is 36.7 Å². The Hall–Kier alpha value is -2.20. The molecular weight excluding hydrogens is 354 g/mol. The maximum Gasteiger partial charge on any atom is 0.167 e. The van der Waals surface area contributed by atoms with Gasteiger partial charge in [-0.25, -0.2) is 15.0 Å². The summed E-state index contributed by atoms with van der Waals surface area (Å²) in [6, 6.07) is 9.85. The molecule has 4 N–H and O–H groups in total. The van der Waals surface area contributed by atoms with Crippen molar-refractivity contribution in [3.8, 4) is 0 Å². The highest BCUT2D eigenvalue weighted by molar-refractivity contribution is 7.81. The molecule has 9 heteroatoms. The van der Waals surface area contributed by atoms with Crippen molar-refractivity contribution in [1.29, 1.82) is 0 Å². The van der Waals surface area contributed by atoms with E-state index in [0.717, 1.165) is 5.56 Å². The number of nitrogens with zero attached hydrogens (tertiary/aromatic N) is 4. The van der Waals surface area contributed by atoms with Gasteiger partial charge in [0.15, 0.2) is 23.2 Å². The summed E-state index contributed by atoms with van der Waals surface area (Å²) in [7, 11) is 0. The van der Waals surface area contributed by atoms with E-state index >= 15 is 0 Å². The lowest BCUT2D eigenvalue weighted by Crippen LogP contribution is -2.30. The van der Waals surface area contributed by atoms with Gasteiger partial charge in [0.2, 0.25) is 0 Å². The van der Waals surface area contributed by atoms with Crippen LogP contribution in [0.5, 0.6) is 0 Å². The lowest BCUT2D eigenvalue weighted by atomic mass is 10.1. The topological polar surface area (TPSA) is 119 Å². The van der Waals surface area contributed by atoms with E-state index in [9.17, 15) is 10.2 Å². The number of aliphatic hydroxyl groups is 2. The first kappa shape index (κ1) is 17.2. The molecule has 1 fully saturated rings. The summed E-state index contributed by atoms with van der Waals surface area (Å²) in [4.78, 5) is 12.9. The second-order valence-electron chi connectivity index (χ2n) is 6.22. The smallest absolute Gasteiger partial charge is 0.167 e. The van der Waals surface area contributed by atoms with Gasteiger partial charge >= 0.3 is 0 Å². The highest BCUT2D eigenvalue weighted by Crippen LogP contribution is 2.36. The number of hydrogen-bond donors (Lipinski definition) is 4. The number of aliphatic hydroxyl groups excluding tert-OH is 2. The average molecular weight is 373 g/mol. The van der Waals surface area contributed by atoms with Crippen LogP contribution in [0.25, 0.3) is 11.2 Å². The number of hydrogen-bond acceptors (Lipinski definition) is 8. The number of nitrogen functional groups attached to an aromatic ring is 1. The van der Waals surface area contributed by atoms with Crippen molar-refractivity contribution >= 4 is 29.6 Å². The Morgan fingerprint density at radius 2 is 2.00 bits per heavy atom. The molecule has 4 atom stereocenters. The second-order valence-corrected chi connectivity index (χ2v) is 6.82. The van der Waals surface area contributed by atoms with Gasteiger partial charge in [-0.2, -0.15) is 12.6 Å². The minimum atomic E-state index is -0.908. The molecule has 0 unspecified atom stereocenters. The molecule has 0 bridgehead atoms. The van der Waals surface area contributed by atoms with E-state index in [1.165, 1.54) is 6.33 Å². The number of ether oxygens (including phenoxy) is 1. The summed E-state index contributed by atoms with van der Waals surface area (Å²) in [5.41, 5.74) is 8.02. The van der Waals surface area contributed by atoms with E-state index in [-0.39, 0.29) is 12.4 Å². The number of rotatable bonds is 4. The second kappa shape index (κ2) is 6.84. The first-order valence-corrected chi connectivity index (χ1v) is 8.75. The number of nitrogens with two attached hydrogens (primary N) is 1. The van der Waals surface area contributed by atoms with Gasteiger partial charge in [-0.3, -0.25) is 4.57 Å². The molecule has 1 saturated heterocycles. The Kier molecular flexibility index (Phi) is 4.53. The molecule has 0 saturated carbocycles. The van der Waals surface area contributed by atoms with E-state index < -0.39 is 23.7 Å². The van der Waals surface area contributed by atoms with Crippen molar-refractivity contribution in [2.75, 3.05) is 12.3 Å². The molecule has 1 aliphatic rings. The van der Waals surface area contributed by atoms with Gasteiger partial charge in [0.25, 0.3) is 0 Å². The molecular formula is C17H19N5O3S. The first-order chi connectivity index (χ1) is 12.6. The van der Waals surface area contributed by atoms with E-state index in [1.54, 1.807) is 4.57 Å². The van der Waals surface area contributed by atoms with Crippen LogP contribution < -0.4 is 5.73 Å². The maximum atomic E-state index is 10.3. The molecule has 4 rings (SSSR count). The number of imidazole rings is 1. The summed E-state index contributed by atoms with van der Waals surface area (Å²) >= 11 is 4.50. The summed E-state index contributed by atoms with van der Waals surface area (Å²) in [5.74, 6) is 0.948. The lowest BCUT2D eigenvalue weighted by Gasteiger charge is -2.19. The zero-order chi connectivity index (χ0) is 18.3. The van der Waals surface area contributed by atoms with Gasteiger partial charge in [-0.05, 0) is 5.56 Å². The van der Waals surface area contributed by atoms with Gasteiger partial charge in [0, 0.05) is 6.42 Å². The SMILES string of the molecule is Nc1ncnc2c1nc(Cc1ccccc1)n2[C@@H]1O[C@H](CO)[C@@H](O)[C@H]1S. The minimum absolute atomic E-state index is 0.274. The highest BCUT2D eigenvalue weighted by atomic mass is 32.1. The van der Waals surface area contributed by atoms with Crippen LogP contribution in [0, 0.1) is 0 Å². The summed E-state index contributed by atoms with van der Waals surface area (Å²) < 4.78 is 7.64. The average Bonchev–Trinajstić information content (AvgIpc) is 3.15. The number of benzene rings is 1. The lowest BCUT2D eigenvalue weighted by molar-refractivity contribution is -0.0437. The number of thiol groups is 1.